The predicted molar refractivity (Wildman–Crippen MR) is 105 cm³/mol. The molecule has 0 aliphatic rings. The molecular formula is C24H22FN. The van der Waals surface area contributed by atoms with Crippen molar-refractivity contribution in [2.24, 2.45) is 0 Å². The number of nitriles is 1. The van der Waals surface area contributed by atoms with Gasteiger partial charge in [-0.2, -0.15) is 5.26 Å². The van der Waals surface area contributed by atoms with Gasteiger partial charge in [0.1, 0.15) is 5.82 Å². The molecule has 1 nitrogen and oxygen atoms in total. The molecular weight excluding hydrogens is 321 g/mol. The Morgan fingerprint density at radius 2 is 1.46 bits per heavy atom. The van der Waals surface area contributed by atoms with Crippen LogP contribution in [-0.4, -0.2) is 0 Å². The lowest BCUT2D eigenvalue weighted by molar-refractivity contribution is 0.632. The number of hydrogen-bond donors (Lipinski definition) is 0. The number of halogens is 1. The lowest BCUT2D eigenvalue weighted by Gasteiger charge is -2.08. The fourth-order valence-corrected chi connectivity index (χ4v) is 3.10. The van der Waals surface area contributed by atoms with Crippen LogP contribution in [-0.2, 0) is 6.42 Å². The molecule has 0 aliphatic heterocycles. The first-order chi connectivity index (χ1) is 12.7. The Balaban J connectivity index is 1.79. The highest BCUT2D eigenvalue weighted by molar-refractivity contribution is 5.71. The quantitative estimate of drug-likeness (QED) is 0.453. The molecule has 3 rings (SSSR count). The van der Waals surface area contributed by atoms with E-state index in [1.165, 1.54) is 24.8 Å². The van der Waals surface area contributed by atoms with Crippen LogP contribution >= 0.6 is 0 Å². The first kappa shape index (κ1) is 17.9. The SMILES string of the molecule is CCCCCc1ccc(-c2ccc(-c3ccc(C#N)cc3)c(F)c2)cc1. The van der Waals surface area contributed by atoms with E-state index in [-0.39, 0.29) is 5.82 Å². The summed E-state index contributed by atoms with van der Waals surface area (Å²) in [7, 11) is 0. The molecule has 0 saturated carbocycles. The zero-order valence-corrected chi connectivity index (χ0v) is 15.0. The van der Waals surface area contributed by atoms with E-state index in [0.717, 1.165) is 23.1 Å². The van der Waals surface area contributed by atoms with Crippen LogP contribution in [0.2, 0.25) is 0 Å². The van der Waals surface area contributed by atoms with Crippen molar-refractivity contribution in [1.82, 2.24) is 0 Å². The molecule has 0 aliphatic carbocycles. The van der Waals surface area contributed by atoms with Gasteiger partial charge in [0.15, 0.2) is 0 Å². The van der Waals surface area contributed by atoms with E-state index in [2.05, 4.69) is 37.3 Å². The monoisotopic (exact) mass is 343 g/mol. The molecule has 0 bridgehead atoms. The molecule has 0 fully saturated rings. The second-order valence-corrected chi connectivity index (χ2v) is 6.54. The minimum absolute atomic E-state index is 0.251. The van der Waals surface area contributed by atoms with E-state index in [1.54, 1.807) is 36.4 Å². The van der Waals surface area contributed by atoms with Crippen molar-refractivity contribution < 1.29 is 4.39 Å². The van der Waals surface area contributed by atoms with E-state index in [0.29, 0.717) is 11.1 Å². The average Bonchev–Trinajstić information content (AvgIpc) is 2.69. The van der Waals surface area contributed by atoms with Crippen molar-refractivity contribution in [3.8, 4) is 28.3 Å². The first-order valence-electron chi connectivity index (χ1n) is 9.10. The standard InChI is InChI=1S/C24H22FN/c1-2-3-4-5-18-6-10-20(11-7-18)22-14-15-23(24(25)16-22)21-12-8-19(17-26)9-13-21/h6-16H,2-5H2,1H3. The lowest BCUT2D eigenvalue weighted by Crippen LogP contribution is -1.88. The van der Waals surface area contributed by atoms with Gasteiger partial charge in [-0.25, -0.2) is 4.39 Å². The highest BCUT2D eigenvalue weighted by Crippen LogP contribution is 2.28. The minimum Gasteiger partial charge on any atom is -0.206 e. The average molecular weight is 343 g/mol. The Morgan fingerprint density at radius 1 is 0.808 bits per heavy atom. The molecule has 0 amide bonds. The Bertz CT molecular complexity index is 902. The van der Waals surface area contributed by atoms with Gasteiger partial charge in [-0.1, -0.05) is 68.3 Å². The topological polar surface area (TPSA) is 23.8 Å². The third-order valence-electron chi connectivity index (χ3n) is 4.65. The van der Waals surface area contributed by atoms with Gasteiger partial charge in [0.2, 0.25) is 0 Å². The number of hydrogen-bond acceptors (Lipinski definition) is 1. The fraction of sp³-hybridized carbons (Fsp3) is 0.208. The summed E-state index contributed by atoms with van der Waals surface area (Å²) >= 11 is 0. The highest BCUT2D eigenvalue weighted by atomic mass is 19.1. The van der Waals surface area contributed by atoms with E-state index in [9.17, 15) is 4.39 Å². The summed E-state index contributed by atoms with van der Waals surface area (Å²) < 4.78 is 14.6. The van der Waals surface area contributed by atoms with Crippen LogP contribution in [0.5, 0.6) is 0 Å². The second-order valence-electron chi connectivity index (χ2n) is 6.54. The van der Waals surface area contributed by atoms with Gasteiger partial charge in [0.05, 0.1) is 11.6 Å². The highest BCUT2D eigenvalue weighted by Gasteiger charge is 2.08. The van der Waals surface area contributed by atoms with Crippen LogP contribution in [0.3, 0.4) is 0 Å². The van der Waals surface area contributed by atoms with Crippen LogP contribution in [0.4, 0.5) is 4.39 Å². The van der Waals surface area contributed by atoms with E-state index in [1.807, 2.05) is 6.07 Å². The van der Waals surface area contributed by atoms with Gasteiger partial charge in [-0.3, -0.25) is 0 Å². The molecule has 0 aromatic heterocycles. The van der Waals surface area contributed by atoms with E-state index in [4.69, 9.17) is 5.26 Å². The summed E-state index contributed by atoms with van der Waals surface area (Å²) in [5, 5.41) is 8.87. The zero-order chi connectivity index (χ0) is 18.4. The van der Waals surface area contributed by atoms with Gasteiger partial charge in [-0.05, 0) is 53.3 Å². The first-order valence-corrected chi connectivity index (χ1v) is 9.10. The van der Waals surface area contributed by atoms with Crippen LogP contribution < -0.4 is 0 Å². The summed E-state index contributed by atoms with van der Waals surface area (Å²) in [6.07, 6.45) is 4.79. The van der Waals surface area contributed by atoms with Crippen molar-refractivity contribution in [2.75, 3.05) is 0 Å². The Kier molecular flexibility index (Phi) is 5.81. The molecule has 0 heterocycles. The summed E-state index contributed by atoms with van der Waals surface area (Å²) in [5.74, 6) is -0.251. The van der Waals surface area contributed by atoms with Gasteiger partial charge in [-0.15, -0.1) is 0 Å². The predicted octanol–water partition coefficient (Wildman–Crippen LogP) is 6.76. The van der Waals surface area contributed by atoms with Gasteiger partial charge >= 0.3 is 0 Å². The molecule has 0 unspecified atom stereocenters. The lowest BCUT2D eigenvalue weighted by atomic mass is 9.97. The Labute approximate surface area is 154 Å². The fourth-order valence-electron chi connectivity index (χ4n) is 3.10. The number of rotatable bonds is 6. The molecule has 3 aromatic carbocycles. The van der Waals surface area contributed by atoms with Crippen molar-refractivity contribution in [3.05, 3.63) is 83.7 Å². The van der Waals surface area contributed by atoms with Crippen LogP contribution in [0.25, 0.3) is 22.3 Å². The second kappa shape index (κ2) is 8.45. The normalized spacial score (nSPS) is 10.5. The number of nitrogens with zero attached hydrogens (tertiary/aromatic N) is 1. The van der Waals surface area contributed by atoms with Gasteiger partial charge < -0.3 is 0 Å². The maximum Gasteiger partial charge on any atom is 0.131 e. The maximum absolute atomic E-state index is 14.6. The minimum atomic E-state index is -0.251. The zero-order valence-electron chi connectivity index (χ0n) is 15.0. The molecule has 130 valence electrons. The molecule has 0 N–H and O–H groups in total. The van der Waals surface area contributed by atoms with Crippen LogP contribution in [0.1, 0.15) is 37.3 Å². The largest absolute Gasteiger partial charge is 0.206 e. The summed E-state index contributed by atoms with van der Waals surface area (Å²) in [5.41, 5.74) is 5.13. The molecule has 2 heteroatoms. The van der Waals surface area contributed by atoms with Crippen LogP contribution in [0.15, 0.2) is 66.7 Å². The van der Waals surface area contributed by atoms with Crippen molar-refractivity contribution in [1.29, 1.82) is 5.26 Å². The maximum atomic E-state index is 14.6. The number of aryl methyl sites for hydroxylation is 1. The molecule has 3 aromatic rings. The third-order valence-corrected chi connectivity index (χ3v) is 4.65. The summed E-state index contributed by atoms with van der Waals surface area (Å²) in [6, 6.07) is 22.8. The van der Waals surface area contributed by atoms with Crippen molar-refractivity contribution in [2.45, 2.75) is 32.6 Å². The molecule has 26 heavy (non-hydrogen) atoms. The number of unbranched alkanes of at least 4 members (excludes halogenated alkanes) is 2. The van der Waals surface area contributed by atoms with E-state index < -0.39 is 0 Å². The van der Waals surface area contributed by atoms with Gasteiger partial charge in [0.25, 0.3) is 0 Å². The smallest absolute Gasteiger partial charge is 0.131 e. The summed E-state index contributed by atoms with van der Waals surface area (Å²) in [4.78, 5) is 0. The Morgan fingerprint density at radius 3 is 2.08 bits per heavy atom. The molecule has 0 saturated heterocycles. The van der Waals surface area contributed by atoms with Crippen LogP contribution in [0, 0.1) is 17.1 Å². The molecule has 0 radical (unpaired) electrons. The molecule has 0 spiro atoms. The number of benzene rings is 3. The van der Waals surface area contributed by atoms with Crippen molar-refractivity contribution in [3.63, 3.8) is 0 Å². The third kappa shape index (κ3) is 4.18. The van der Waals surface area contributed by atoms with Gasteiger partial charge in [0, 0.05) is 5.56 Å². The summed E-state index contributed by atoms with van der Waals surface area (Å²) in [6.45, 7) is 2.21. The van der Waals surface area contributed by atoms with Crippen molar-refractivity contribution >= 4 is 0 Å². The Hall–Kier alpha value is -2.92. The molecule has 0 atom stereocenters. The van der Waals surface area contributed by atoms with E-state index >= 15 is 0 Å².